The summed E-state index contributed by atoms with van der Waals surface area (Å²) < 4.78 is 2.59. The number of hydrogen-bond donors (Lipinski definition) is 0. The van der Waals surface area contributed by atoms with E-state index in [4.69, 9.17) is 0 Å². The van der Waals surface area contributed by atoms with Crippen LogP contribution in [-0.4, -0.2) is 0 Å². The highest BCUT2D eigenvalue weighted by Crippen LogP contribution is 2.49. The molecule has 0 radical (unpaired) electrons. The van der Waals surface area contributed by atoms with Crippen LogP contribution in [0.5, 0.6) is 0 Å². The lowest BCUT2D eigenvalue weighted by molar-refractivity contribution is 0.919. The average Bonchev–Trinajstić information content (AvgIpc) is 3.53. The Morgan fingerprint density at radius 1 is 0.469 bits per heavy atom. The molecule has 0 N–H and O–H groups in total. The van der Waals surface area contributed by atoms with Crippen molar-refractivity contribution in [2.45, 2.75) is 12.8 Å². The van der Waals surface area contributed by atoms with Crippen molar-refractivity contribution in [1.82, 2.24) is 0 Å². The highest BCUT2D eigenvalue weighted by atomic mass is 32.1. The van der Waals surface area contributed by atoms with E-state index >= 15 is 0 Å². The number of anilines is 5. The number of thiophene rings is 1. The molecule has 1 heterocycles. The molecule has 1 aliphatic carbocycles. The van der Waals surface area contributed by atoms with E-state index in [9.17, 15) is 0 Å². The summed E-state index contributed by atoms with van der Waals surface area (Å²) in [5.74, 6) is 0. The van der Waals surface area contributed by atoms with Gasteiger partial charge in [0.05, 0.1) is 10.4 Å². The van der Waals surface area contributed by atoms with Gasteiger partial charge < -0.3 is 9.80 Å². The van der Waals surface area contributed by atoms with E-state index in [0.29, 0.717) is 0 Å². The lowest BCUT2D eigenvalue weighted by atomic mass is 10.0. The molecule has 1 aromatic heterocycles. The minimum Gasteiger partial charge on any atom is -0.313 e. The molecule has 0 saturated carbocycles. The summed E-state index contributed by atoms with van der Waals surface area (Å²) in [5.41, 5.74) is 9.43. The quantitative estimate of drug-likeness (QED) is 0.170. The molecule has 0 atom stereocenters. The zero-order valence-corrected chi connectivity index (χ0v) is 27.9. The lowest BCUT2D eigenvalue weighted by Gasteiger charge is -2.32. The van der Waals surface area contributed by atoms with E-state index in [2.05, 4.69) is 192 Å². The minimum absolute atomic E-state index is 0.980. The lowest BCUT2D eigenvalue weighted by Crippen LogP contribution is -2.18. The molecule has 0 spiro atoms. The van der Waals surface area contributed by atoms with E-state index in [0.717, 1.165) is 29.9 Å². The van der Waals surface area contributed by atoms with Gasteiger partial charge in [-0.1, -0.05) is 115 Å². The first-order valence-corrected chi connectivity index (χ1v) is 17.7. The predicted molar refractivity (Wildman–Crippen MR) is 212 cm³/mol. The highest BCUT2D eigenvalue weighted by Gasteiger charge is 2.24. The SMILES string of the molecule is C1=CCCC(N(c2ccccc2)c2cc(N(c3ccccc3)c3cccc(-c4ccccc4)c3)cc3c2sc2cc4ccccc4cc23)=C1. The number of rotatable bonds is 7. The maximum atomic E-state index is 2.49. The Bertz CT molecular complexity index is 2490. The third kappa shape index (κ3) is 5.48. The van der Waals surface area contributed by atoms with Gasteiger partial charge in [-0.2, -0.15) is 0 Å². The fraction of sp³-hybridized carbons (Fsp3) is 0.0435. The van der Waals surface area contributed by atoms with Gasteiger partial charge in [0, 0.05) is 43.9 Å². The molecule has 0 unspecified atom stereocenters. The molecule has 3 heteroatoms. The number of nitrogens with zero attached hydrogens (tertiary/aromatic N) is 2. The Morgan fingerprint density at radius 2 is 1.10 bits per heavy atom. The molecule has 8 aromatic rings. The predicted octanol–water partition coefficient (Wildman–Crippen LogP) is 13.7. The van der Waals surface area contributed by atoms with E-state index in [1.165, 1.54) is 59.1 Å². The first-order valence-electron chi connectivity index (χ1n) is 16.9. The van der Waals surface area contributed by atoms with Crippen molar-refractivity contribution in [2.24, 2.45) is 0 Å². The maximum absolute atomic E-state index is 2.49. The highest BCUT2D eigenvalue weighted by molar-refractivity contribution is 7.26. The van der Waals surface area contributed by atoms with Gasteiger partial charge in [0.1, 0.15) is 0 Å². The van der Waals surface area contributed by atoms with Crippen molar-refractivity contribution in [3.05, 3.63) is 188 Å². The van der Waals surface area contributed by atoms with Gasteiger partial charge in [-0.05, 0) is 101 Å². The van der Waals surface area contributed by atoms with Crippen LogP contribution in [0.1, 0.15) is 12.8 Å². The van der Waals surface area contributed by atoms with Gasteiger partial charge in [0.25, 0.3) is 0 Å². The van der Waals surface area contributed by atoms with Crippen LogP contribution in [-0.2, 0) is 0 Å². The van der Waals surface area contributed by atoms with Gasteiger partial charge >= 0.3 is 0 Å². The van der Waals surface area contributed by atoms with Gasteiger partial charge in [0.15, 0.2) is 0 Å². The molecule has 49 heavy (non-hydrogen) atoms. The smallest absolute Gasteiger partial charge is 0.0658 e. The van der Waals surface area contributed by atoms with Crippen molar-refractivity contribution in [3.8, 4) is 11.1 Å². The van der Waals surface area contributed by atoms with Crippen LogP contribution in [0.4, 0.5) is 28.4 Å². The Kier molecular flexibility index (Phi) is 7.53. The standard InChI is InChI=1S/C46H34N2S/c1-5-16-33(17-6-1)34-20-15-27-40(28-34)47(37-21-7-2-8-22-37)41-31-43-42-29-35-18-13-14-19-36(35)30-45(42)49-46(43)44(32-41)48(38-23-9-3-10-24-38)39-25-11-4-12-26-39/h1-11,13-25,27-32H,12,26H2. The fourth-order valence-electron chi connectivity index (χ4n) is 7.12. The van der Waals surface area contributed by atoms with Crippen molar-refractivity contribution in [3.63, 3.8) is 0 Å². The molecule has 0 fully saturated rings. The van der Waals surface area contributed by atoms with Crippen LogP contribution in [0.3, 0.4) is 0 Å². The molecule has 234 valence electrons. The van der Waals surface area contributed by atoms with Crippen LogP contribution in [0.25, 0.3) is 42.1 Å². The molecular weight excluding hydrogens is 613 g/mol. The number of benzene rings is 7. The van der Waals surface area contributed by atoms with Gasteiger partial charge in [-0.25, -0.2) is 0 Å². The van der Waals surface area contributed by atoms with Crippen molar-refractivity contribution in [1.29, 1.82) is 0 Å². The Hall–Kier alpha value is -5.90. The van der Waals surface area contributed by atoms with Crippen LogP contribution in [0, 0.1) is 0 Å². The van der Waals surface area contributed by atoms with Crippen molar-refractivity contribution >= 4 is 70.7 Å². The fourth-order valence-corrected chi connectivity index (χ4v) is 8.34. The second-order valence-corrected chi connectivity index (χ2v) is 13.6. The zero-order valence-electron chi connectivity index (χ0n) is 27.0. The summed E-state index contributed by atoms with van der Waals surface area (Å²) in [4.78, 5) is 4.91. The molecule has 0 bridgehead atoms. The molecule has 9 rings (SSSR count). The minimum atomic E-state index is 0.980. The summed E-state index contributed by atoms with van der Waals surface area (Å²) >= 11 is 1.90. The average molecular weight is 647 g/mol. The zero-order chi connectivity index (χ0) is 32.6. The number of para-hydroxylation sites is 2. The Labute approximate surface area is 291 Å². The normalized spacial score (nSPS) is 12.8. The second kappa shape index (κ2) is 12.6. The molecule has 0 saturated heterocycles. The molecule has 0 amide bonds. The number of fused-ring (bicyclic) bond motifs is 4. The maximum Gasteiger partial charge on any atom is 0.0658 e. The number of allylic oxidation sites excluding steroid dienone is 4. The summed E-state index contributed by atoms with van der Waals surface area (Å²) in [6, 6.07) is 59.5. The largest absolute Gasteiger partial charge is 0.313 e. The summed E-state index contributed by atoms with van der Waals surface area (Å²) in [7, 11) is 0. The monoisotopic (exact) mass is 646 g/mol. The number of hydrogen-bond acceptors (Lipinski definition) is 3. The molecule has 0 aliphatic heterocycles. The first kappa shape index (κ1) is 29.3. The van der Waals surface area contributed by atoms with Gasteiger partial charge in [-0.3, -0.25) is 0 Å². The van der Waals surface area contributed by atoms with Crippen molar-refractivity contribution in [2.75, 3.05) is 9.80 Å². The van der Waals surface area contributed by atoms with Gasteiger partial charge in [0.2, 0.25) is 0 Å². The third-order valence-corrected chi connectivity index (χ3v) is 10.6. The Balaban J connectivity index is 1.35. The topological polar surface area (TPSA) is 6.48 Å². The summed E-state index contributed by atoms with van der Waals surface area (Å²) in [6.45, 7) is 0. The van der Waals surface area contributed by atoms with Crippen LogP contribution < -0.4 is 9.80 Å². The first-order chi connectivity index (χ1) is 24.3. The molecule has 2 nitrogen and oxygen atoms in total. The Morgan fingerprint density at radius 3 is 1.82 bits per heavy atom. The molecular formula is C46H34N2S. The van der Waals surface area contributed by atoms with E-state index in [1.807, 2.05) is 11.3 Å². The van der Waals surface area contributed by atoms with Gasteiger partial charge in [-0.15, -0.1) is 11.3 Å². The van der Waals surface area contributed by atoms with Crippen molar-refractivity contribution < 1.29 is 0 Å². The van der Waals surface area contributed by atoms with E-state index in [1.54, 1.807) is 0 Å². The second-order valence-electron chi connectivity index (χ2n) is 12.5. The third-order valence-electron chi connectivity index (χ3n) is 9.42. The van der Waals surface area contributed by atoms with Crippen LogP contribution in [0.15, 0.2) is 188 Å². The molecule has 1 aliphatic rings. The van der Waals surface area contributed by atoms with E-state index < -0.39 is 0 Å². The summed E-state index contributed by atoms with van der Waals surface area (Å²) in [6.07, 6.45) is 8.76. The van der Waals surface area contributed by atoms with Crippen LogP contribution in [0.2, 0.25) is 0 Å². The van der Waals surface area contributed by atoms with Crippen LogP contribution >= 0.6 is 11.3 Å². The summed E-state index contributed by atoms with van der Waals surface area (Å²) in [5, 5.41) is 5.09. The van der Waals surface area contributed by atoms with E-state index in [-0.39, 0.29) is 0 Å². The molecule has 7 aromatic carbocycles.